The Labute approximate surface area is 180 Å². The number of hydrogen-bond donors (Lipinski definition) is 4. The van der Waals surface area contributed by atoms with E-state index in [1.165, 1.54) is 11.5 Å². The monoisotopic (exact) mass is 461 g/mol. The molecule has 2 unspecified atom stereocenters. The van der Waals surface area contributed by atoms with Gasteiger partial charge in [0.15, 0.2) is 0 Å². The van der Waals surface area contributed by atoms with Crippen molar-refractivity contribution >= 4 is 28.5 Å². The van der Waals surface area contributed by atoms with E-state index in [9.17, 15) is 18.0 Å². The van der Waals surface area contributed by atoms with Crippen LogP contribution < -0.4 is 20.7 Å². The molecule has 31 heavy (non-hydrogen) atoms. The number of nitrogens with zero attached hydrogens (tertiary/aromatic N) is 2. The van der Waals surface area contributed by atoms with Gasteiger partial charge in [0, 0.05) is 24.2 Å². The van der Waals surface area contributed by atoms with Gasteiger partial charge >= 0.3 is 18.2 Å². The molecule has 0 saturated carbocycles. The van der Waals surface area contributed by atoms with Crippen molar-refractivity contribution in [3.05, 3.63) is 35.8 Å². The largest absolute Gasteiger partial charge is 0.495 e. The van der Waals surface area contributed by atoms with Crippen LogP contribution in [0.15, 0.2) is 24.4 Å². The average Bonchev–Trinajstić information content (AvgIpc) is 3.12. The summed E-state index contributed by atoms with van der Waals surface area (Å²) in [6.45, 7) is 3.55. The summed E-state index contributed by atoms with van der Waals surface area (Å²) in [4.78, 5) is 25.6. The highest BCUT2D eigenvalue weighted by atomic mass is 32.1. The van der Waals surface area contributed by atoms with E-state index in [1.807, 2.05) is 25.1 Å². The van der Waals surface area contributed by atoms with E-state index >= 15 is 0 Å². The van der Waals surface area contributed by atoms with Crippen molar-refractivity contribution < 1.29 is 32.6 Å². The maximum absolute atomic E-state index is 12.3. The first-order valence-electron chi connectivity index (χ1n) is 9.11. The SMILES string of the molecule is COc1ccc(C2CNCCC2NC(=O)Nc2cc(C)ns2)nc1.O=C(O)C(F)(F)F. The van der Waals surface area contributed by atoms with Gasteiger partial charge in [-0.25, -0.2) is 9.59 Å². The molecule has 0 radical (unpaired) electrons. The zero-order valence-corrected chi connectivity index (χ0v) is 17.5. The minimum Gasteiger partial charge on any atom is -0.495 e. The van der Waals surface area contributed by atoms with Crippen molar-refractivity contribution in [1.29, 1.82) is 0 Å². The molecule has 2 aromatic rings. The number of hydrogen-bond acceptors (Lipinski definition) is 7. The smallest absolute Gasteiger partial charge is 0.490 e. The predicted octanol–water partition coefficient (Wildman–Crippen LogP) is 2.76. The molecular formula is C18H22F3N5O4S. The highest BCUT2D eigenvalue weighted by Gasteiger charge is 2.38. The number of anilines is 1. The number of alkyl halides is 3. The molecule has 4 N–H and O–H groups in total. The molecule has 2 amide bonds. The van der Waals surface area contributed by atoms with Crippen molar-refractivity contribution in [1.82, 2.24) is 20.0 Å². The lowest BCUT2D eigenvalue weighted by Gasteiger charge is -2.32. The van der Waals surface area contributed by atoms with Crippen LogP contribution in [0.5, 0.6) is 5.75 Å². The van der Waals surface area contributed by atoms with Crippen molar-refractivity contribution in [3.63, 3.8) is 0 Å². The summed E-state index contributed by atoms with van der Waals surface area (Å²) in [5, 5.41) is 17.2. The van der Waals surface area contributed by atoms with Crippen LogP contribution in [0, 0.1) is 6.92 Å². The van der Waals surface area contributed by atoms with Gasteiger partial charge in [-0.15, -0.1) is 0 Å². The number of aliphatic carboxylic acids is 1. The summed E-state index contributed by atoms with van der Waals surface area (Å²) in [5.74, 6) is -1.91. The Morgan fingerprint density at radius 3 is 2.58 bits per heavy atom. The van der Waals surface area contributed by atoms with Gasteiger partial charge in [0.2, 0.25) is 0 Å². The molecule has 0 bridgehead atoms. The Kier molecular flexibility index (Phi) is 8.56. The number of aryl methyl sites for hydroxylation is 1. The number of carboxylic acid groups (broad SMARTS) is 1. The van der Waals surface area contributed by atoms with Gasteiger partial charge < -0.3 is 20.5 Å². The predicted molar refractivity (Wildman–Crippen MR) is 108 cm³/mol. The van der Waals surface area contributed by atoms with Crippen LogP contribution in [-0.4, -0.2) is 58.9 Å². The number of methoxy groups -OCH3 is 1. The van der Waals surface area contributed by atoms with Crippen LogP contribution in [0.2, 0.25) is 0 Å². The molecule has 13 heteroatoms. The average molecular weight is 461 g/mol. The highest BCUT2D eigenvalue weighted by Crippen LogP contribution is 2.24. The lowest BCUT2D eigenvalue weighted by molar-refractivity contribution is -0.192. The molecule has 1 aliphatic rings. The minimum atomic E-state index is -5.08. The van der Waals surface area contributed by atoms with Crippen LogP contribution in [0.1, 0.15) is 23.7 Å². The molecule has 1 aliphatic heterocycles. The van der Waals surface area contributed by atoms with E-state index in [2.05, 4.69) is 25.3 Å². The number of carbonyl (C=O) groups is 2. The van der Waals surface area contributed by atoms with Crippen LogP contribution >= 0.6 is 11.5 Å². The first-order chi connectivity index (χ1) is 14.6. The van der Waals surface area contributed by atoms with Gasteiger partial charge in [0.25, 0.3) is 0 Å². The molecule has 170 valence electrons. The standard InChI is InChI=1S/C16H21N5O2S.C2HF3O2/c1-10-7-15(24-21-10)20-16(22)19-14-5-6-17-9-12(14)13-4-3-11(23-2)8-18-13;3-2(4,5)1(6)7/h3-4,7-8,12,14,17H,5-6,9H2,1-2H3,(H2,19,20,22);(H,6,7). The normalized spacial score (nSPS) is 18.4. The maximum atomic E-state index is 12.3. The van der Waals surface area contributed by atoms with Crippen LogP contribution in [0.3, 0.4) is 0 Å². The number of urea groups is 1. The molecule has 1 fully saturated rings. The Bertz CT molecular complexity index is 876. The summed E-state index contributed by atoms with van der Waals surface area (Å²) >= 11 is 1.28. The fourth-order valence-corrected chi connectivity index (χ4v) is 3.47. The Balaban J connectivity index is 0.000000423. The Morgan fingerprint density at radius 1 is 1.35 bits per heavy atom. The van der Waals surface area contributed by atoms with Crippen molar-refractivity contribution in [2.45, 2.75) is 31.5 Å². The molecule has 3 heterocycles. The number of carboxylic acids is 1. The van der Waals surface area contributed by atoms with Gasteiger partial charge in [-0.05, 0) is 49.6 Å². The second kappa shape index (κ2) is 10.9. The summed E-state index contributed by atoms with van der Waals surface area (Å²) in [7, 11) is 1.62. The maximum Gasteiger partial charge on any atom is 0.490 e. The van der Waals surface area contributed by atoms with Crippen LogP contribution in [-0.2, 0) is 4.79 Å². The molecule has 0 aliphatic carbocycles. The zero-order valence-electron chi connectivity index (χ0n) is 16.7. The van der Waals surface area contributed by atoms with Gasteiger partial charge in [0.05, 0.1) is 19.0 Å². The molecular weight excluding hydrogens is 439 g/mol. The number of rotatable bonds is 4. The molecule has 2 aromatic heterocycles. The van der Waals surface area contributed by atoms with E-state index in [0.717, 1.165) is 41.6 Å². The quantitative estimate of drug-likeness (QED) is 0.552. The fourth-order valence-electron chi connectivity index (χ4n) is 2.81. The van der Waals surface area contributed by atoms with E-state index in [1.54, 1.807) is 13.3 Å². The number of nitrogens with one attached hydrogen (secondary N) is 3. The van der Waals surface area contributed by atoms with Crippen molar-refractivity contribution in [2.75, 3.05) is 25.5 Å². The topological polar surface area (TPSA) is 125 Å². The number of ether oxygens (including phenoxy) is 1. The highest BCUT2D eigenvalue weighted by molar-refractivity contribution is 7.10. The number of amides is 2. The Morgan fingerprint density at radius 2 is 2.06 bits per heavy atom. The number of carbonyl (C=O) groups excluding carboxylic acids is 1. The molecule has 1 saturated heterocycles. The third-order valence-electron chi connectivity index (χ3n) is 4.28. The van der Waals surface area contributed by atoms with Gasteiger partial charge in [-0.1, -0.05) is 0 Å². The van der Waals surface area contributed by atoms with E-state index < -0.39 is 12.1 Å². The summed E-state index contributed by atoms with van der Waals surface area (Å²) in [6.07, 6.45) is -2.52. The van der Waals surface area contributed by atoms with Crippen molar-refractivity contribution in [2.24, 2.45) is 0 Å². The lowest BCUT2D eigenvalue weighted by Crippen LogP contribution is -2.49. The molecule has 0 spiro atoms. The van der Waals surface area contributed by atoms with E-state index in [4.69, 9.17) is 14.6 Å². The number of piperidine rings is 1. The first-order valence-corrected chi connectivity index (χ1v) is 9.89. The van der Waals surface area contributed by atoms with Crippen LogP contribution in [0.4, 0.5) is 23.0 Å². The summed E-state index contributed by atoms with van der Waals surface area (Å²) in [6, 6.07) is 5.53. The van der Waals surface area contributed by atoms with E-state index in [0.29, 0.717) is 0 Å². The van der Waals surface area contributed by atoms with Gasteiger partial charge in [-0.2, -0.15) is 17.5 Å². The second-order valence-electron chi connectivity index (χ2n) is 6.56. The van der Waals surface area contributed by atoms with Gasteiger partial charge in [0.1, 0.15) is 10.8 Å². The third-order valence-corrected chi connectivity index (χ3v) is 5.08. The van der Waals surface area contributed by atoms with Crippen LogP contribution in [0.25, 0.3) is 0 Å². The van der Waals surface area contributed by atoms with Gasteiger partial charge in [-0.3, -0.25) is 10.3 Å². The summed E-state index contributed by atoms with van der Waals surface area (Å²) in [5.41, 5.74) is 1.85. The number of halogens is 3. The second-order valence-corrected chi connectivity index (χ2v) is 7.37. The molecule has 2 atom stereocenters. The first kappa shape index (κ1) is 24.3. The zero-order chi connectivity index (χ0) is 23.0. The third kappa shape index (κ3) is 7.68. The molecule has 3 rings (SSSR count). The lowest BCUT2D eigenvalue weighted by atomic mass is 9.90. The van der Waals surface area contributed by atoms with E-state index in [-0.39, 0.29) is 18.0 Å². The molecule has 9 nitrogen and oxygen atoms in total. The number of aromatic nitrogens is 2. The summed E-state index contributed by atoms with van der Waals surface area (Å²) < 4.78 is 41.1. The van der Waals surface area contributed by atoms with Crippen molar-refractivity contribution in [3.8, 4) is 5.75 Å². The molecule has 0 aromatic carbocycles. The fraction of sp³-hybridized carbons (Fsp3) is 0.444. The Hall–Kier alpha value is -2.93. The number of pyridine rings is 1. The minimum absolute atomic E-state index is 0.0289.